The smallest absolute Gasteiger partial charge is 0.339 e. The van der Waals surface area contributed by atoms with Crippen LogP contribution in [0.15, 0.2) is 5.38 Å². The lowest BCUT2D eigenvalue weighted by Crippen LogP contribution is -2.46. The van der Waals surface area contributed by atoms with Gasteiger partial charge in [0.1, 0.15) is 0 Å². The molecule has 1 aliphatic carbocycles. The molecule has 25 heavy (non-hydrogen) atoms. The fourth-order valence-electron chi connectivity index (χ4n) is 2.74. The molecule has 138 valence electrons. The van der Waals surface area contributed by atoms with Crippen molar-refractivity contribution in [3.63, 3.8) is 0 Å². The largest absolute Gasteiger partial charge is 0.452 e. The van der Waals surface area contributed by atoms with E-state index in [9.17, 15) is 14.4 Å². The predicted molar refractivity (Wildman–Crippen MR) is 96.8 cm³/mol. The Morgan fingerprint density at radius 1 is 1.24 bits per heavy atom. The van der Waals surface area contributed by atoms with E-state index >= 15 is 0 Å². The van der Waals surface area contributed by atoms with Crippen molar-refractivity contribution >= 4 is 29.1 Å². The topological polar surface area (TPSA) is 75.7 Å². The molecule has 2 amide bonds. The van der Waals surface area contributed by atoms with E-state index in [1.807, 2.05) is 26.2 Å². The monoisotopic (exact) mass is 366 g/mol. The Hall–Kier alpha value is -1.89. The summed E-state index contributed by atoms with van der Waals surface area (Å²) in [6.07, 6.45) is 4.14. The molecule has 1 aliphatic rings. The first-order valence-corrected chi connectivity index (χ1v) is 9.36. The number of carbonyl (C=O) groups is 3. The maximum atomic E-state index is 12.2. The molecule has 0 radical (unpaired) electrons. The van der Waals surface area contributed by atoms with Gasteiger partial charge in [0.25, 0.3) is 5.91 Å². The summed E-state index contributed by atoms with van der Waals surface area (Å²) in [5.74, 6) is -1.11. The zero-order valence-corrected chi connectivity index (χ0v) is 16.1. The zero-order chi connectivity index (χ0) is 18.6. The van der Waals surface area contributed by atoms with Crippen molar-refractivity contribution in [2.75, 3.05) is 20.2 Å². The summed E-state index contributed by atoms with van der Waals surface area (Å²) in [6.45, 7) is 5.19. The Morgan fingerprint density at radius 2 is 1.92 bits per heavy atom. The van der Waals surface area contributed by atoms with Crippen molar-refractivity contribution in [2.24, 2.45) is 0 Å². The molecule has 6 nitrogen and oxygen atoms in total. The molecular formula is C18H26N2O4S. The molecule has 7 heteroatoms. The molecule has 1 N–H and O–H groups in total. The van der Waals surface area contributed by atoms with Crippen molar-refractivity contribution in [3.05, 3.63) is 21.4 Å². The normalized spacial score (nSPS) is 13.8. The van der Waals surface area contributed by atoms with Crippen LogP contribution in [0, 0.1) is 0 Å². The molecule has 0 atom stereocenters. The van der Waals surface area contributed by atoms with Crippen LogP contribution in [0.4, 0.5) is 0 Å². The van der Waals surface area contributed by atoms with Gasteiger partial charge in [0.2, 0.25) is 5.91 Å². The second kappa shape index (κ2) is 7.99. The lowest BCUT2D eigenvalue weighted by Gasteiger charge is -2.23. The van der Waals surface area contributed by atoms with E-state index in [1.165, 1.54) is 16.8 Å². The Balaban J connectivity index is 1.84. The molecule has 0 spiro atoms. The SMILES string of the molecule is CN(CC(=O)NC(C)(C)C)C(=O)COC(=O)c1csc2c1CCCC2. The number of nitrogens with zero attached hydrogens (tertiary/aromatic N) is 1. The van der Waals surface area contributed by atoms with Crippen LogP contribution >= 0.6 is 11.3 Å². The summed E-state index contributed by atoms with van der Waals surface area (Å²) >= 11 is 1.59. The number of hydrogen-bond donors (Lipinski definition) is 1. The third-order valence-electron chi connectivity index (χ3n) is 3.93. The van der Waals surface area contributed by atoms with Crippen molar-refractivity contribution < 1.29 is 19.1 Å². The molecule has 0 saturated carbocycles. The number of rotatable bonds is 5. The number of nitrogens with one attached hydrogen (secondary N) is 1. The number of hydrogen-bond acceptors (Lipinski definition) is 5. The van der Waals surface area contributed by atoms with E-state index in [0.717, 1.165) is 31.2 Å². The van der Waals surface area contributed by atoms with Gasteiger partial charge in [0.15, 0.2) is 6.61 Å². The standard InChI is InChI=1S/C18H26N2O4S/c1-18(2,3)19-15(21)9-20(4)16(22)10-24-17(23)13-11-25-14-8-6-5-7-12(13)14/h11H,5-10H2,1-4H3,(H,19,21). The highest BCUT2D eigenvalue weighted by Gasteiger charge is 2.23. The van der Waals surface area contributed by atoms with Gasteiger partial charge >= 0.3 is 5.97 Å². The number of carbonyl (C=O) groups excluding carboxylic acids is 3. The Kier molecular flexibility index (Phi) is 6.21. The average molecular weight is 366 g/mol. The second-order valence-electron chi connectivity index (χ2n) is 7.38. The summed E-state index contributed by atoms with van der Waals surface area (Å²) in [5, 5.41) is 4.61. The van der Waals surface area contributed by atoms with Crippen LogP contribution < -0.4 is 5.32 Å². The third-order valence-corrected chi connectivity index (χ3v) is 5.02. The minimum atomic E-state index is -0.458. The van der Waals surface area contributed by atoms with Gasteiger partial charge in [-0.15, -0.1) is 11.3 Å². The highest BCUT2D eigenvalue weighted by atomic mass is 32.1. The molecule has 0 aliphatic heterocycles. The fourth-order valence-corrected chi connectivity index (χ4v) is 3.86. The first-order valence-electron chi connectivity index (χ1n) is 8.48. The molecule has 1 aromatic rings. The number of ether oxygens (including phenoxy) is 1. The van der Waals surface area contributed by atoms with E-state index in [0.29, 0.717) is 5.56 Å². The molecule has 0 unspecified atom stereocenters. The predicted octanol–water partition coefficient (Wildman–Crippen LogP) is 2.16. The van der Waals surface area contributed by atoms with Crippen molar-refractivity contribution in [1.29, 1.82) is 0 Å². The third kappa shape index (κ3) is 5.56. The molecule has 0 fully saturated rings. The van der Waals surface area contributed by atoms with Crippen LogP contribution in [0.2, 0.25) is 0 Å². The fraction of sp³-hybridized carbons (Fsp3) is 0.611. The number of fused-ring (bicyclic) bond motifs is 1. The van der Waals surface area contributed by atoms with Crippen molar-refractivity contribution in [1.82, 2.24) is 10.2 Å². The van der Waals surface area contributed by atoms with Gasteiger partial charge in [-0.05, 0) is 52.0 Å². The quantitative estimate of drug-likeness (QED) is 0.810. The summed E-state index contributed by atoms with van der Waals surface area (Å²) in [5.41, 5.74) is 1.30. The van der Waals surface area contributed by atoms with E-state index in [2.05, 4.69) is 5.32 Å². The second-order valence-corrected chi connectivity index (χ2v) is 8.35. The zero-order valence-electron chi connectivity index (χ0n) is 15.3. The van der Waals surface area contributed by atoms with Crippen LogP contribution in [0.3, 0.4) is 0 Å². The molecule has 0 aromatic carbocycles. The van der Waals surface area contributed by atoms with Gasteiger partial charge < -0.3 is 15.0 Å². The van der Waals surface area contributed by atoms with Crippen LogP contribution in [0.1, 0.15) is 54.4 Å². The summed E-state index contributed by atoms with van der Waals surface area (Å²) in [4.78, 5) is 38.7. The number of esters is 1. The lowest BCUT2D eigenvalue weighted by atomic mass is 9.96. The van der Waals surface area contributed by atoms with Gasteiger partial charge in [-0.2, -0.15) is 0 Å². The van der Waals surface area contributed by atoms with Gasteiger partial charge in [0.05, 0.1) is 12.1 Å². The van der Waals surface area contributed by atoms with E-state index in [1.54, 1.807) is 11.3 Å². The number of amides is 2. The number of thiophene rings is 1. The van der Waals surface area contributed by atoms with Gasteiger partial charge in [-0.3, -0.25) is 9.59 Å². The highest BCUT2D eigenvalue weighted by molar-refractivity contribution is 7.10. The average Bonchev–Trinajstić information content (AvgIpc) is 2.94. The molecule has 2 rings (SSSR count). The first kappa shape index (κ1) is 19.4. The van der Waals surface area contributed by atoms with Gasteiger partial charge in [-0.25, -0.2) is 4.79 Å². The van der Waals surface area contributed by atoms with E-state index < -0.39 is 11.9 Å². The molecule has 0 saturated heterocycles. The minimum Gasteiger partial charge on any atom is -0.452 e. The minimum absolute atomic E-state index is 0.0680. The van der Waals surface area contributed by atoms with Crippen LogP contribution in [-0.4, -0.2) is 48.4 Å². The summed E-state index contributed by atoms with van der Waals surface area (Å²) in [7, 11) is 1.52. The highest BCUT2D eigenvalue weighted by Crippen LogP contribution is 2.30. The van der Waals surface area contributed by atoms with Crippen LogP contribution in [0.25, 0.3) is 0 Å². The Labute approximate surface area is 152 Å². The van der Waals surface area contributed by atoms with Crippen LogP contribution in [-0.2, 0) is 27.2 Å². The van der Waals surface area contributed by atoms with Crippen molar-refractivity contribution in [2.45, 2.75) is 52.0 Å². The van der Waals surface area contributed by atoms with E-state index in [4.69, 9.17) is 4.74 Å². The molecule has 1 aromatic heterocycles. The summed E-state index contributed by atoms with van der Waals surface area (Å²) in [6, 6.07) is 0. The van der Waals surface area contributed by atoms with E-state index in [-0.39, 0.29) is 24.6 Å². The maximum absolute atomic E-state index is 12.2. The van der Waals surface area contributed by atoms with Crippen LogP contribution in [0.5, 0.6) is 0 Å². The molecule has 0 bridgehead atoms. The first-order chi connectivity index (χ1) is 11.7. The number of likely N-dealkylation sites (N-methyl/N-ethyl adjacent to an activating group) is 1. The van der Waals surface area contributed by atoms with Crippen molar-refractivity contribution in [3.8, 4) is 0 Å². The van der Waals surface area contributed by atoms with Gasteiger partial charge in [-0.1, -0.05) is 0 Å². The number of aryl methyl sites for hydroxylation is 1. The maximum Gasteiger partial charge on any atom is 0.339 e. The summed E-state index contributed by atoms with van der Waals surface area (Å²) < 4.78 is 5.16. The van der Waals surface area contributed by atoms with Gasteiger partial charge in [0, 0.05) is 22.8 Å². The Bertz CT molecular complexity index is 661. The molecular weight excluding hydrogens is 340 g/mol. The lowest BCUT2D eigenvalue weighted by molar-refractivity contribution is -0.137. The Morgan fingerprint density at radius 3 is 2.60 bits per heavy atom. The molecule has 1 heterocycles.